The Bertz CT molecular complexity index is 1020. The number of rotatable bonds is 3. The first kappa shape index (κ1) is 15.3. The number of fused-ring (bicyclic) bond motifs is 3. The van der Waals surface area contributed by atoms with Crippen LogP contribution < -0.4 is 0 Å². The summed E-state index contributed by atoms with van der Waals surface area (Å²) in [6.07, 6.45) is 8.89. The third-order valence-electron chi connectivity index (χ3n) is 5.53. The normalized spacial score (nSPS) is 16.5. The lowest BCUT2D eigenvalue weighted by Crippen LogP contribution is -2.22. The number of hydrogen-bond acceptors (Lipinski definition) is 5. The molecule has 0 saturated heterocycles. The van der Waals surface area contributed by atoms with E-state index in [0.29, 0.717) is 0 Å². The van der Waals surface area contributed by atoms with Gasteiger partial charge in [-0.05, 0) is 54.2 Å². The molecule has 0 N–H and O–H groups in total. The Morgan fingerprint density at radius 1 is 1.15 bits per heavy atom. The van der Waals surface area contributed by atoms with Gasteiger partial charge in [-0.2, -0.15) is 0 Å². The first-order chi connectivity index (χ1) is 12.7. The summed E-state index contributed by atoms with van der Waals surface area (Å²) in [6.45, 7) is 0. The van der Waals surface area contributed by atoms with Gasteiger partial charge in [-0.15, -0.1) is 10.2 Å². The molecule has 1 fully saturated rings. The Kier molecular flexibility index (Phi) is 3.22. The van der Waals surface area contributed by atoms with Crippen molar-refractivity contribution < 1.29 is 9.53 Å². The first-order valence-corrected chi connectivity index (χ1v) is 8.78. The van der Waals surface area contributed by atoms with E-state index in [2.05, 4.69) is 39.4 Å². The molecule has 0 unspecified atom stereocenters. The number of aromatic nitrogens is 4. The van der Waals surface area contributed by atoms with Crippen LogP contribution in [-0.2, 0) is 27.8 Å². The minimum atomic E-state index is -0.497. The molecule has 0 spiro atoms. The fraction of sp³-hybridized carbons (Fsp3) is 0.300. The number of hydrogen-bond donors (Lipinski definition) is 0. The highest BCUT2D eigenvalue weighted by atomic mass is 16.5. The number of pyridine rings is 1. The Balaban J connectivity index is 1.54. The predicted molar refractivity (Wildman–Crippen MR) is 94.9 cm³/mol. The van der Waals surface area contributed by atoms with Crippen LogP contribution in [0.3, 0.4) is 0 Å². The molecule has 1 aromatic carbocycles. The molecule has 1 aliphatic heterocycles. The molecule has 2 aromatic heterocycles. The van der Waals surface area contributed by atoms with Crippen LogP contribution >= 0.6 is 0 Å². The molecule has 2 aliphatic rings. The van der Waals surface area contributed by atoms with Crippen LogP contribution in [-0.4, -0.2) is 32.8 Å². The Morgan fingerprint density at radius 3 is 2.85 bits per heavy atom. The summed E-state index contributed by atoms with van der Waals surface area (Å²) >= 11 is 0. The largest absolute Gasteiger partial charge is 0.468 e. The predicted octanol–water partition coefficient (Wildman–Crippen LogP) is 2.63. The summed E-state index contributed by atoms with van der Waals surface area (Å²) in [5, 5.41) is 8.18. The topological polar surface area (TPSA) is 69.9 Å². The van der Waals surface area contributed by atoms with Crippen molar-refractivity contribution in [1.82, 2.24) is 19.7 Å². The molecule has 26 heavy (non-hydrogen) atoms. The highest BCUT2D eigenvalue weighted by molar-refractivity contribution is 5.87. The van der Waals surface area contributed by atoms with Gasteiger partial charge in [0.15, 0.2) is 0 Å². The standard InChI is InChI=1S/C20H18N4O2/c1-26-19(25)20(6-7-20)16-9-15(10-21-11-16)13-2-4-17-14(8-13)3-5-18-23-22-12-24(17)18/h2,4,8-12H,3,5-7H2,1H3. The third-order valence-corrected chi connectivity index (χ3v) is 5.53. The van der Waals surface area contributed by atoms with Crippen LogP contribution in [0, 0.1) is 0 Å². The van der Waals surface area contributed by atoms with Crippen molar-refractivity contribution in [1.29, 1.82) is 0 Å². The van der Waals surface area contributed by atoms with E-state index in [0.717, 1.165) is 53.9 Å². The van der Waals surface area contributed by atoms with Crippen LogP contribution in [0.4, 0.5) is 0 Å². The molecular formula is C20H18N4O2. The first-order valence-electron chi connectivity index (χ1n) is 8.78. The summed E-state index contributed by atoms with van der Waals surface area (Å²) in [7, 11) is 1.45. The maximum absolute atomic E-state index is 12.2. The molecular weight excluding hydrogens is 328 g/mol. The van der Waals surface area contributed by atoms with Gasteiger partial charge >= 0.3 is 5.97 Å². The quantitative estimate of drug-likeness (QED) is 0.682. The van der Waals surface area contributed by atoms with Crippen LogP contribution in [0.1, 0.15) is 29.8 Å². The molecule has 130 valence electrons. The number of nitrogens with zero attached hydrogens (tertiary/aromatic N) is 4. The van der Waals surface area contributed by atoms with Crippen molar-refractivity contribution in [2.45, 2.75) is 31.1 Å². The Morgan fingerprint density at radius 2 is 2.04 bits per heavy atom. The Hall–Kier alpha value is -3.02. The third kappa shape index (κ3) is 2.18. The van der Waals surface area contributed by atoms with E-state index < -0.39 is 5.41 Å². The summed E-state index contributed by atoms with van der Waals surface area (Å²) in [5.74, 6) is 0.838. The zero-order valence-electron chi connectivity index (χ0n) is 14.5. The van der Waals surface area contributed by atoms with Gasteiger partial charge < -0.3 is 4.74 Å². The number of ether oxygens (including phenoxy) is 1. The molecule has 1 saturated carbocycles. The van der Waals surface area contributed by atoms with Crippen molar-refractivity contribution in [3.8, 4) is 16.8 Å². The molecule has 0 radical (unpaired) electrons. The molecule has 6 heteroatoms. The average molecular weight is 346 g/mol. The Labute approximate surface area is 150 Å². The van der Waals surface area contributed by atoms with Gasteiger partial charge in [0.25, 0.3) is 0 Å². The lowest BCUT2D eigenvalue weighted by molar-refractivity contribution is -0.143. The van der Waals surface area contributed by atoms with Gasteiger partial charge in [-0.1, -0.05) is 6.07 Å². The van der Waals surface area contributed by atoms with Gasteiger partial charge in [0.2, 0.25) is 0 Å². The van der Waals surface area contributed by atoms with Gasteiger partial charge in [0.1, 0.15) is 12.2 Å². The molecule has 0 atom stereocenters. The van der Waals surface area contributed by atoms with Crippen molar-refractivity contribution >= 4 is 5.97 Å². The fourth-order valence-corrected chi connectivity index (χ4v) is 3.87. The molecule has 0 amide bonds. The summed E-state index contributed by atoms with van der Waals surface area (Å²) in [5.41, 5.74) is 4.99. The van der Waals surface area contributed by atoms with Gasteiger partial charge in [-0.3, -0.25) is 14.3 Å². The molecule has 3 heterocycles. The number of carbonyl (C=O) groups is 1. The lowest BCUT2D eigenvalue weighted by Gasteiger charge is -2.19. The number of methoxy groups -OCH3 is 1. The highest BCUT2D eigenvalue weighted by Gasteiger charge is 2.52. The SMILES string of the molecule is COC(=O)C1(c2cncc(-c3ccc4c(c3)CCc3nncn3-4)c2)CC1. The van der Waals surface area contributed by atoms with Crippen molar-refractivity contribution in [3.63, 3.8) is 0 Å². The minimum Gasteiger partial charge on any atom is -0.468 e. The second kappa shape index (κ2) is 5.49. The second-order valence-corrected chi connectivity index (χ2v) is 7.00. The van der Waals surface area contributed by atoms with Gasteiger partial charge in [-0.25, -0.2) is 0 Å². The van der Waals surface area contributed by atoms with E-state index in [-0.39, 0.29) is 5.97 Å². The smallest absolute Gasteiger partial charge is 0.316 e. The highest BCUT2D eigenvalue weighted by Crippen LogP contribution is 2.49. The van der Waals surface area contributed by atoms with E-state index >= 15 is 0 Å². The van der Waals surface area contributed by atoms with Crippen LogP contribution in [0.2, 0.25) is 0 Å². The van der Waals surface area contributed by atoms with E-state index in [1.165, 1.54) is 12.7 Å². The summed E-state index contributed by atoms with van der Waals surface area (Å²) < 4.78 is 7.05. The maximum Gasteiger partial charge on any atom is 0.316 e. The average Bonchev–Trinajstić information content (AvgIpc) is 3.37. The van der Waals surface area contributed by atoms with E-state index in [9.17, 15) is 4.79 Å². The van der Waals surface area contributed by atoms with Crippen molar-refractivity contribution in [2.75, 3.05) is 7.11 Å². The maximum atomic E-state index is 12.2. The number of esters is 1. The van der Waals surface area contributed by atoms with E-state index in [1.54, 1.807) is 12.5 Å². The minimum absolute atomic E-state index is 0.165. The lowest BCUT2D eigenvalue weighted by atomic mass is 9.93. The van der Waals surface area contributed by atoms with Gasteiger partial charge in [0, 0.05) is 24.4 Å². The van der Waals surface area contributed by atoms with Crippen molar-refractivity contribution in [2.24, 2.45) is 0 Å². The van der Waals surface area contributed by atoms with Gasteiger partial charge in [0.05, 0.1) is 18.2 Å². The molecule has 5 rings (SSSR count). The number of benzene rings is 1. The van der Waals surface area contributed by atoms with Crippen LogP contribution in [0.25, 0.3) is 16.8 Å². The zero-order chi connectivity index (χ0) is 17.7. The molecule has 6 nitrogen and oxygen atoms in total. The molecule has 0 bridgehead atoms. The molecule has 3 aromatic rings. The zero-order valence-corrected chi connectivity index (χ0v) is 14.5. The van der Waals surface area contributed by atoms with Crippen LogP contribution in [0.15, 0.2) is 43.0 Å². The monoisotopic (exact) mass is 346 g/mol. The summed E-state index contributed by atoms with van der Waals surface area (Å²) in [6, 6.07) is 8.48. The fourth-order valence-electron chi connectivity index (χ4n) is 3.87. The van der Waals surface area contributed by atoms with Crippen LogP contribution in [0.5, 0.6) is 0 Å². The van der Waals surface area contributed by atoms with E-state index in [4.69, 9.17) is 4.74 Å². The molecule has 1 aliphatic carbocycles. The van der Waals surface area contributed by atoms with E-state index in [1.807, 2.05) is 10.8 Å². The number of aryl methyl sites for hydroxylation is 2. The number of carbonyl (C=O) groups excluding carboxylic acids is 1. The second-order valence-electron chi connectivity index (χ2n) is 7.00. The summed E-state index contributed by atoms with van der Waals surface area (Å²) in [4.78, 5) is 16.6. The van der Waals surface area contributed by atoms with Crippen molar-refractivity contribution in [3.05, 3.63) is 59.9 Å².